The molecule has 1 atom stereocenters. The summed E-state index contributed by atoms with van der Waals surface area (Å²) in [7, 11) is 1.30. The molecule has 0 fully saturated rings. The van der Waals surface area contributed by atoms with Gasteiger partial charge in [-0.1, -0.05) is 18.2 Å². The predicted molar refractivity (Wildman–Crippen MR) is 67.5 cm³/mol. The van der Waals surface area contributed by atoms with E-state index in [2.05, 4.69) is 10.1 Å². The molecule has 0 bridgehead atoms. The maximum Gasteiger partial charge on any atom is 0.328 e. The molecule has 1 unspecified atom stereocenters. The van der Waals surface area contributed by atoms with Crippen LogP contribution in [0.2, 0.25) is 0 Å². The van der Waals surface area contributed by atoms with Crippen LogP contribution in [0.3, 0.4) is 0 Å². The molecule has 0 aliphatic carbocycles. The number of para-hydroxylation sites is 1. The zero-order valence-electron chi connectivity index (χ0n) is 10.5. The Labute approximate surface area is 106 Å². The van der Waals surface area contributed by atoms with Crippen molar-refractivity contribution in [2.75, 3.05) is 18.6 Å². The Morgan fingerprint density at radius 1 is 1.39 bits per heavy atom. The number of hydrogen-bond acceptors (Lipinski definition) is 3. The van der Waals surface area contributed by atoms with Gasteiger partial charge in [0.2, 0.25) is 0 Å². The van der Waals surface area contributed by atoms with Crippen molar-refractivity contribution in [1.29, 1.82) is 0 Å². The fourth-order valence-electron chi connectivity index (χ4n) is 2.05. The quantitative estimate of drug-likeness (QED) is 0.803. The number of urea groups is 1. The maximum absolute atomic E-state index is 12.0. The molecule has 1 N–H and O–H groups in total. The van der Waals surface area contributed by atoms with Gasteiger partial charge in [-0.25, -0.2) is 9.59 Å². The first-order valence-corrected chi connectivity index (χ1v) is 5.87. The number of amides is 2. The average molecular weight is 248 g/mol. The van der Waals surface area contributed by atoms with Gasteiger partial charge < -0.3 is 10.1 Å². The van der Waals surface area contributed by atoms with Crippen molar-refractivity contribution >= 4 is 17.7 Å². The normalized spacial score (nSPS) is 14.9. The van der Waals surface area contributed by atoms with Gasteiger partial charge in [-0.05, 0) is 25.0 Å². The van der Waals surface area contributed by atoms with E-state index in [0.717, 1.165) is 17.7 Å². The van der Waals surface area contributed by atoms with Gasteiger partial charge in [0.25, 0.3) is 0 Å². The molecule has 1 aromatic carbocycles. The molecule has 0 aromatic heterocycles. The van der Waals surface area contributed by atoms with Crippen molar-refractivity contribution in [2.24, 2.45) is 0 Å². The molecule has 2 rings (SSSR count). The Balaban J connectivity index is 2.06. The molecular weight excluding hydrogens is 232 g/mol. The molecule has 1 aromatic rings. The van der Waals surface area contributed by atoms with E-state index < -0.39 is 12.0 Å². The third-order valence-corrected chi connectivity index (χ3v) is 3.03. The second-order valence-corrected chi connectivity index (χ2v) is 4.22. The minimum Gasteiger partial charge on any atom is -0.467 e. The molecule has 0 radical (unpaired) electrons. The van der Waals surface area contributed by atoms with E-state index in [1.807, 2.05) is 24.3 Å². The van der Waals surface area contributed by atoms with Crippen molar-refractivity contribution in [1.82, 2.24) is 5.32 Å². The van der Waals surface area contributed by atoms with E-state index in [9.17, 15) is 9.59 Å². The monoisotopic (exact) mass is 248 g/mol. The number of carbonyl (C=O) groups is 2. The summed E-state index contributed by atoms with van der Waals surface area (Å²) in [5, 5.41) is 2.63. The minimum atomic E-state index is -0.643. The zero-order valence-corrected chi connectivity index (χ0v) is 10.5. The van der Waals surface area contributed by atoms with Gasteiger partial charge >= 0.3 is 12.0 Å². The van der Waals surface area contributed by atoms with Crippen molar-refractivity contribution in [3.63, 3.8) is 0 Å². The molecule has 0 saturated heterocycles. The molecule has 0 spiro atoms. The molecule has 0 saturated carbocycles. The van der Waals surface area contributed by atoms with Crippen molar-refractivity contribution < 1.29 is 14.3 Å². The Hall–Kier alpha value is -2.04. The lowest BCUT2D eigenvalue weighted by Gasteiger charge is -2.20. The molecule has 5 nitrogen and oxygen atoms in total. The summed E-state index contributed by atoms with van der Waals surface area (Å²) in [4.78, 5) is 24.9. The second kappa shape index (κ2) is 5.08. The third-order valence-electron chi connectivity index (χ3n) is 3.03. The topological polar surface area (TPSA) is 58.6 Å². The molecule has 1 aliphatic rings. The van der Waals surface area contributed by atoms with Crippen LogP contribution in [0.1, 0.15) is 12.5 Å². The molecule has 2 amide bonds. The highest BCUT2D eigenvalue weighted by atomic mass is 16.5. The fourth-order valence-corrected chi connectivity index (χ4v) is 2.05. The summed E-state index contributed by atoms with van der Waals surface area (Å²) in [5.74, 6) is -0.448. The van der Waals surface area contributed by atoms with Crippen LogP contribution in [-0.4, -0.2) is 31.7 Å². The van der Waals surface area contributed by atoms with Crippen LogP contribution >= 0.6 is 0 Å². The third kappa shape index (κ3) is 2.30. The lowest BCUT2D eigenvalue weighted by atomic mass is 10.2. The first-order valence-electron chi connectivity index (χ1n) is 5.87. The van der Waals surface area contributed by atoms with Crippen molar-refractivity contribution in [3.8, 4) is 0 Å². The van der Waals surface area contributed by atoms with Crippen LogP contribution in [0, 0.1) is 0 Å². The zero-order chi connectivity index (χ0) is 13.1. The van der Waals surface area contributed by atoms with E-state index in [1.165, 1.54) is 7.11 Å². The van der Waals surface area contributed by atoms with E-state index in [1.54, 1.807) is 11.8 Å². The van der Waals surface area contributed by atoms with E-state index in [0.29, 0.717) is 6.54 Å². The number of nitrogens with one attached hydrogen (secondary N) is 1. The lowest BCUT2D eigenvalue weighted by molar-refractivity contribution is -0.142. The van der Waals surface area contributed by atoms with Gasteiger partial charge in [0.15, 0.2) is 0 Å². The number of rotatable bonds is 2. The first-order chi connectivity index (χ1) is 8.63. The van der Waals surface area contributed by atoms with Crippen LogP contribution < -0.4 is 10.2 Å². The Morgan fingerprint density at radius 2 is 2.11 bits per heavy atom. The Bertz CT molecular complexity index is 473. The van der Waals surface area contributed by atoms with E-state index in [4.69, 9.17) is 0 Å². The lowest BCUT2D eigenvalue weighted by Crippen LogP contribution is -2.46. The summed E-state index contributed by atoms with van der Waals surface area (Å²) in [6, 6.07) is 6.86. The Kier molecular flexibility index (Phi) is 3.50. The van der Waals surface area contributed by atoms with Crippen LogP contribution in [0.25, 0.3) is 0 Å². The minimum absolute atomic E-state index is 0.266. The van der Waals surface area contributed by atoms with Gasteiger partial charge in [-0.2, -0.15) is 0 Å². The SMILES string of the molecule is COC(=O)C(C)NC(=O)N1CCc2ccccc21. The number of nitrogens with zero attached hydrogens (tertiary/aromatic N) is 1. The highest BCUT2D eigenvalue weighted by molar-refractivity contribution is 5.96. The number of anilines is 1. The van der Waals surface area contributed by atoms with E-state index in [-0.39, 0.29) is 6.03 Å². The van der Waals surface area contributed by atoms with E-state index >= 15 is 0 Å². The van der Waals surface area contributed by atoms with Gasteiger partial charge in [0.1, 0.15) is 6.04 Å². The number of fused-ring (bicyclic) bond motifs is 1. The number of benzene rings is 1. The number of esters is 1. The molecule has 1 aliphatic heterocycles. The largest absolute Gasteiger partial charge is 0.467 e. The maximum atomic E-state index is 12.0. The standard InChI is InChI=1S/C13H16N2O3/c1-9(12(16)18-2)14-13(17)15-8-7-10-5-3-4-6-11(10)15/h3-6,9H,7-8H2,1-2H3,(H,14,17). The second-order valence-electron chi connectivity index (χ2n) is 4.22. The number of hydrogen-bond donors (Lipinski definition) is 1. The summed E-state index contributed by atoms with van der Waals surface area (Å²) in [6.07, 6.45) is 0.843. The van der Waals surface area contributed by atoms with Crippen LogP contribution in [0.4, 0.5) is 10.5 Å². The van der Waals surface area contributed by atoms with Crippen molar-refractivity contribution in [3.05, 3.63) is 29.8 Å². The molecule has 18 heavy (non-hydrogen) atoms. The summed E-state index contributed by atoms with van der Waals surface area (Å²) in [6.45, 7) is 2.24. The predicted octanol–water partition coefficient (Wildman–Crippen LogP) is 1.32. The van der Waals surface area contributed by atoms with Gasteiger partial charge in [0, 0.05) is 12.2 Å². The molecular formula is C13H16N2O3. The highest BCUT2D eigenvalue weighted by Gasteiger charge is 2.26. The summed E-state index contributed by atoms with van der Waals surface area (Å²) >= 11 is 0. The first kappa shape index (κ1) is 12.4. The number of ether oxygens (including phenoxy) is 1. The Morgan fingerprint density at radius 3 is 2.83 bits per heavy atom. The van der Waals surface area contributed by atoms with Crippen molar-refractivity contribution in [2.45, 2.75) is 19.4 Å². The molecule has 1 heterocycles. The molecule has 96 valence electrons. The summed E-state index contributed by atoms with van der Waals surface area (Å²) < 4.78 is 4.57. The van der Waals surface area contributed by atoms with Crippen LogP contribution in [-0.2, 0) is 16.0 Å². The highest BCUT2D eigenvalue weighted by Crippen LogP contribution is 2.27. The fraction of sp³-hybridized carbons (Fsp3) is 0.385. The van der Waals surface area contributed by atoms with Gasteiger partial charge in [-0.3, -0.25) is 4.90 Å². The number of carbonyl (C=O) groups excluding carboxylic acids is 2. The summed E-state index contributed by atoms with van der Waals surface area (Å²) in [5.41, 5.74) is 2.06. The number of methoxy groups -OCH3 is 1. The molecule has 5 heteroatoms. The van der Waals surface area contributed by atoms with Crippen LogP contribution in [0.15, 0.2) is 24.3 Å². The smallest absolute Gasteiger partial charge is 0.328 e. The average Bonchev–Trinajstić information content (AvgIpc) is 2.81. The van der Waals surface area contributed by atoms with Gasteiger partial charge in [0.05, 0.1) is 7.11 Å². The van der Waals surface area contributed by atoms with Crippen LogP contribution in [0.5, 0.6) is 0 Å². The van der Waals surface area contributed by atoms with Gasteiger partial charge in [-0.15, -0.1) is 0 Å².